The van der Waals surface area contributed by atoms with Gasteiger partial charge in [0.15, 0.2) is 0 Å². The zero-order valence-corrected chi connectivity index (χ0v) is 18.5. The van der Waals surface area contributed by atoms with Crippen LogP contribution in [0.2, 0.25) is 0 Å². The van der Waals surface area contributed by atoms with Gasteiger partial charge in [0.05, 0.1) is 23.5 Å². The van der Waals surface area contributed by atoms with Gasteiger partial charge >= 0.3 is 6.18 Å². The molecule has 0 aliphatic rings. The van der Waals surface area contributed by atoms with Crippen LogP contribution in [0, 0.1) is 5.82 Å². The lowest BCUT2D eigenvalue weighted by Crippen LogP contribution is -2.43. The lowest BCUT2D eigenvalue weighted by molar-refractivity contribution is -0.247. The molecule has 0 fully saturated rings. The van der Waals surface area contributed by atoms with Crippen LogP contribution in [-0.4, -0.2) is 36.8 Å². The maximum absolute atomic E-state index is 14.6. The molecule has 35 heavy (non-hydrogen) atoms. The van der Waals surface area contributed by atoms with E-state index in [-0.39, 0.29) is 23.1 Å². The molecule has 180 valence electrons. The first-order valence-corrected chi connectivity index (χ1v) is 10.9. The van der Waals surface area contributed by atoms with Crippen molar-refractivity contribution in [2.45, 2.75) is 31.3 Å². The van der Waals surface area contributed by atoms with Gasteiger partial charge in [0.1, 0.15) is 5.82 Å². The molecule has 0 bridgehead atoms. The summed E-state index contributed by atoms with van der Waals surface area (Å²) in [5.41, 5.74) is -2.50. The van der Waals surface area contributed by atoms with Gasteiger partial charge in [0.25, 0.3) is 0 Å². The van der Waals surface area contributed by atoms with E-state index in [2.05, 4.69) is 5.10 Å². The van der Waals surface area contributed by atoms with Crippen LogP contribution in [0.1, 0.15) is 18.1 Å². The van der Waals surface area contributed by atoms with E-state index in [0.717, 1.165) is 0 Å². The average Bonchev–Trinajstić information content (AvgIpc) is 3.40. The van der Waals surface area contributed by atoms with Crippen LogP contribution < -0.4 is 0 Å². The molecule has 0 saturated carbocycles. The van der Waals surface area contributed by atoms with E-state index in [0.29, 0.717) is 22.1 Å². The number of aliphatic hydroxyl groups excluding tert-OH is 1. The molecule has 0 amide bonds. The van der Waals surface area contributed by atoms with E-state index in [1.807, 2.05) is 0 Å². The number of rotatable bonds is 5. The van der Waals surface area contributed by atoms with Gasteiger partial charge in [-0.25, -0.2) is 9.07 Å². The Morgan fingerprint density at radius 3 is 2.37 bits per heavy atom. The lowest BCUT2D eigenvalue weighted by atomic mass is 9.85. The van der Waals surface area contributed by atoms with Crippen LogP contribution in [0.4, 0.5) is 17.6 Å². The van der Waals surface area contributed by atoms with E-state index < -0.39 is 23.7 Å². The molecular weight excluding hydrogens is 462 g/mol. The molecule has 5 rings (SSSR count). The Morgan fingerprint density at radius 1 is 0.971 bits per heavy atom. The molecule has 2 aromatic heterocycles. The van der Waals surface area contributed by atoms with Crippen molar-refractivity contribution in [1.29, 1.82) is 0 Å². The summed E-state index contributed by atoms with van der Waals surface area (Å²) in [5.74, 6) is -0.419. The lowest BCUT2D eigenvalue weighted by Gasteiger charge is -2.31. The monoisotopic (exact) mass is 483 g/mol. The van der Waals surface area contributed by atoms with Crippen molar-refractivity contribution >= 4 is 21.8 Å². The number of aromatic nitrogens is 3. The zero-order valence-electron chi connectivity index (χ0n) is 18.5. The predicted octanol–water partition coefficient (Wildman–Crippen LogP) is 5.30. The topological polar surface area (TPSA) is 63.2 Å². The third-order valence-corrected chi connectivity index (χ3v) is 6.11. The SMILES string of the molecule is CC(O)Cn1cc(C(O)(c2ccc3c(cnn3-c3ccc(F)cc3)c2)C(F)(F)F)c2ccccc21. The molecule has 2 atom stereocenters. The van der Waals surface area contributed by atoms with Crippen molar-refractivity contribution in [3.05, 3.63) is 96.1 Å². The molecule has 0 radical (unpaired) electrons. The first kappa shape index (κ1) is 23.1. The number of nitrogens with zero attached hydrogens (tertiary/aromatic N) is 3. The van der Waals surface area contributed by atoms with Crippen LogP contribution in [0.5, 0.6) is 0 Å². The largest absolute Gasteiger partial charge is 0.425 e. The molecule has 0 saturated heterocycles. The minimum Gasteiger partial charge on any atom is -0.392 e. The van der Waals surface area contributed by atoms with Gasteiger partial charge in [-0.2, -0.15) is 18.3 Å². The Kier molecular flexibility index (Phi) is 5.41. The summed E-state index contributed by atoms with van der Waals surface area (Å²) in [7, 11) is 0. The summed E-state index contributed by atoms with van der Waals surface area (Å²) in [6.45, 7) is 1.61. The van der Waals surface area contributed by atoms with Crippen LogP contribution in [-0.2, 0) is 12.1 Å². The van der Waals surface area contributed by atoms with Gasteiger partial charge < -0.3 is 14.8 Å². The second-order valence-corrected chi connectivity index (χ2v) is 8.58. The van der Waals surface area contributed by atoms with Gasteiger partial charge in [0, 0.05) is 34.6 Å². The molecule has 5 nitrogen and oxygen atoms in total. The summed E-state index contributed by atoms with van der Waals surface area (Å²) in [4.78, 5) is 0. The number of para-hydroxylation sites is 1. The van der Waals surface area contributed by atoms with E-state index in [1.165, 1.54) is 77.1 Å². The first-order valence-electron chi connectivity index (χ1n) is 10.9. The van der Waals surface area contributed by atoms with E-state index in [1.54, 1.807) is 18.2 Å². The van der Waals surface area contributed by atoms with E-state index in [4.69, 9.17) is 0 Å². The molecule has 3 aromatic carbocycles. The van der Waals surface area contributed by atoms with Crippen molar-refractivity contribution in [2.75, 3.05) is 0 Å². The maximum atomic E-state index is 14.6. The van der Waals surface area contributed by atoms with Gasteiger partial charge in [-0.3, -0.25) is 0 Å². The maximum Gasteiger partial charge on any atom is 0.425 e. The van der Waals surface area contributed by atoms with Crippen molar-refractivity contribution < 1.29 is 27.8 Å². The quantitative estimate of drug-likeness (QED) is 0.334. The number of aliphatic hydroxyl groups is 2. The van der Waals surface area contributed by atoms with Crippen LogP contribution >= 0.6 is 0 Å². The van der Waals surface area contributed by atoms with Crippen molar-refractivity contribution in [3.63, 3.8) is 0 Å². The van der Waals surface area contributed by atoms with Gasteiger partial charge in [-0.15, -0.1) is 0 Å². The zero-order chi connectivity index (χ0) is 25.0. The molecule has 9 heteroatoms. The van der Waals surface area contributed by atoms with Crippen molar-refractivity contribution in [2.24, 2.45) is 0 Å². The Bertz CT molecular complexity index is 1520. The molecule has 2 heterocycles. The van der Waals surface area contributed by atoms with Crippen LogP contribution in [0.3, 0.4) is 0 Å². The molecular formula is C26H21F4N3O2. The summed E-state index contributed by atoms with van der Waals surface area (Å²) in [6.07, 6.45) is -3.20. The van der Waals surface area contributed by atoms with Crippen LogP contribution in [0.25, 0.3) is 27.5 Å². The summed E-state index contributed by atoms with van der Waals surface area (Å²) >= 11 is 0. The molecule has 0 aliphatic heterocycles. The van der Waals surface area contributed by atoms with Crippen molar-refractivity contribution in [1.82, 2.24) is 14.3 Å². The van der Waals surface area contributed by atoms with E-state index in [9.17, 15) is 27.8 Å². The van der Waals surface area contributed by atoms with Crippen LogP contribution in [0.15, 0.2) is 79.1 Å². The Balaban J connectivity index is 1.70. The number of hydrogen-bond donors (Lipinski definition) is 2. The van der Waals surface area contributed by atoms with E-state index >= 15 is 0 Å². The highest BCUT2D eigenvalue weighted by molar-refractivity contribution is 5.87. The smallest absolute Gasteiger partial charge is 0.392 e. The standard InChI is InChI=1S/C26H21F4N3O2/c1-16(34)14-32-15-22(21-4-2-3-5-24(21)32)25(35,26(28,29)30)18-6-11-23-17(12-18)13-31-33(23)20-9-7-19(27)8-10-20/h2-13,15-16,34-35H,14H2,1H3. The number of halogens is 4. The third-order valence-electron chi connectivity index (χ3n) is 6.11. The fraction of sp³-hybridized carbons (Fsp3) is 0.192. The number of fused-ring (bicyclic) bond motifs is 2. The average molecular weight is 483 g/mol. The molecule has 2 unspecified atom stereocenters. The van der Waals surface area contributed by atoms with Gasteiger partial charge in [-0.05, 0) is 55.0 Å². The summed E-state index contributed by atoms with van der Waals surface area (Å²) in [5, 5.41) is 26.1. The Labute approximate surface area is 197 Å². The molecule has 5 aromatic rings. The third kappa shape index (κ3) is 3.77. The van der Waals surface area contributed by atoms with Crippen molar-refractivity contribution in [3.8, 4) is 5.69 Å². The molecule has 0 spiro atoms. The normalized spacial score (nSPS) is 14.9. The fourth-order valence-electron chi connectivity index (χ4n) is 4.49. The Morgan fingerprint density at radius 2 is 1.69 bits per heavy atom. The summed E-state index contributed by atoms with van der Waals surface area (Å²) in [6, 6.07) is 15.9. The number of hydrogen-bond acceptors (Lipinski definition) is 3. The fourth-order valence-corrected chi connectivity index (χ4v) is 4.49. The number of alkyl halides is 3. The molecule has 2 N–H and O–H groups in total. The van der Waals surface area contributed by atoms with Gasteiger partial charge in [-0.1, -0.05) is 24.3 Å². The second-order valence-electron chi connectivity index (χ2n) is 8.58. The highest BCUT2D eigenvalue weighted by Crippen LogP contribution is 2.47. The second kappa shape index (κ2) is 8.21. The minimum atomic E-state index is -5.05. The predicted molar refractivity (Wildman–Crippen MR) is 124 cm³/mol. The highest BCUT2D eigenvalue weighted by atomic mass is 19.4. The van der Waals surface area contributed by atoms with Gasteiger partial charge in [0.2, 0.25) is 5.60 Å². The minimum absolute atomic E-state index is 0.0674. The summed E-state index contributed by atoms with van der Waals surface area (Å²) < 4.78 is 60.2. The highest BCUT2D eigenvalue weighted by Gasteiger charge is 2.57. The number of benzene rings is 3. The molecule has 0 aliphatic carbocycles. The Hall–Kier alpha value is -3.69. The first-order chi connectivity index (χ1) is 16.6.